The van der Waals surface area contributed by atoms with Crippen LogP contribution in [0.1, 0.15) is 45.6 Å². The number of nitrogens with zero attached hydrogens (tertiary/aromatic N) is 1. The Balaban J connectivity index is 1.66. The highest BCUT2D eigenvalue weighted by molar-refractivity contribution is 5.90. The molecule has 0 aromatic heterocycles. The summed E-state index contributed by atoms with van der Waals surface area (Å²) in [5.41, 5.74) is 0.521. The van der Waals surface area contributed by atoms with Crippen molar-refractivity contribution in [3.63, 3.8) is 0 Å². The highest BCUT2D eigenvalue weighted by Crippen LogP contribution is 2.22. The van der Waals surface area contributed by atoms with Gasteiger partial charge in [-0.3, -0.25) is 4.79 Å². The molecule has 0 spiro atoms. The van der Waals surface area contributed by atoms with Gasteiger partial charge in [-0.2, -0.15) is 0 Å². The van der Waals surface area contributed by atoms with Crippen molar-refractivity contribution in [3.8, 4) is 0 Å². The minimum atomic E-state index is -0.527. The van der Waals surface area contributed by atoms with E-state index in [4.69, 9.17) is 4.74 Å². The average Bonchev–Trinajstić information content (AvgIpc) is 2.65. The van der Waals surface area contributed by atoms with E-state index in [0.717, 1.165) is 42.1 Å². The lowest BCUT2D eigenvalue weighted by Gasteiger charge is -2.36. The number of nitrogens with one attached hydrogen (secondary N) is 1. The second kappa shape index (κ2) is 8.63. The summed E-state index contributed by atoms with van der Waals surface area (Å²) in [6.45, 7) is 6.69. The quantitative estimate of drug-likeness (QED) is 0.858. The number of likely N-dealkylation sites (tertiary alicyclic amines) is 1. The van der Waals surface area contributed by atoms with E-state index in [9.17, 15) is 9.59 Å². The molecule has 3 rings (SSSR count). The molecule has 2 amide bonds. The van der Waals surface area contributed by atoms with Gasteiger partial charge in [0, 0.05) is 19.1 Å². The van der Waals surface area contributed by atoms with Crippen LogP contribution in [-0.4, -0.2) is 41.6 Å². The first-order chi connectivity index (χ1) is 13.3. The Morgan fingerprint density at radius 1 is 1.11 bits per heavy atom. The standard InChI is InChI=1S/C23H30N2O3/c1-23(2,3)28-22(27)24-16-19-12-6-7-14-25(19)21(26)15-18-11-8-10-17-9-4-5-13-20(17)18/h4-5,8-11,13,19H,6-7,12,14-16H2,1-3H3,(H,24,27). The first-order valence-electron chi connectivity index (χ1n) is 10.1. The first-order valence-corrected chi connectivity index (χ1v) is 10.1. The van der Waals surface area contributed by atoms with E-state index >= 15 is 0 Å². The molecule has 0 bridgehead atoms. The maximum atomic E-state index is 13.1. The molecule has 1 fully saturated rings. The number of piperidine rings is 1. The smallest absolute Gasteiger partial charge is 0.407 e. The molecule has 5 nitrogen and oxygen atoms in total. The van der Waals surface area contributed by atoms with E-state index in [1.54, 1.807) is 0 Å². The lowest BCUT2D eigenvalue weighted by Crippen LogP contribution is -2.50. The number of amides is 2. The molecular formula is C23H30N2O3. The molecular weight excluding hydrogens is 352 g/mol. The van der Waals surface area contributed by atoms with Crippen molar-refractivity contribution >= 4 is 22.8 Å². The van der Waals surface area contributed by atoms with Crippen LogP contribution in [0.4, 0.5) is 4.79 Å². The van der Waals surface area contributed by atoms with Crippen molar-refractivity contribution in [2.75, 3.05) is 13.1 Å². The summed E-state index contributed by atoms with van der Waals surface area (Å²) in [6.07, 6.45) is 2.92. The summed E-state index contributed by atoms with van der Waals surface area (Å²) in [6, 6.07) is 14.3. The second-order valence-corrected chi connectivity index (χ2v) is 8.43. The number of ether oxygens (including phenoxy) is 1. The molecule has 1 N–H and O–H groups in total. The molecule has 1 aliphatic heterocycles. The number of hydrogen-bond acceptors (Lipinski definition) is 3. The lowest BCUT2D eigenvalue weighted by molar-refractivity contribution is -0.134. The zero-order valence-electron chi connectivity index (χ0n) is 17.0. The van der Waals surface area contributed by atoms with Gasteiger partial charge in [0.05, 0.1) is 6.42 Å². The predicted octanol–water partition coefficient (Wildman–Crippen LogP) is 4.29. The molecule has 2 aromatic rings. The van der Waals surface area contributed by atoms with Crippen LogP contribution in [0, 0.1) is 0 Å². The molecule has 5 heteroatoms. The molecule has 150 valence electrons. The zero-order valence-corrected chi connectivity index (χ0v) is 17.0. The second-order valence-electron chi connectivity index (χ2n) is 8.43. The molecule has 1 heterocycles. The molecule has 1 unspecified atom stereocenters. The van der Waals surface area contributed by atoms with Gasteiger partial charge in [0.15, 0.2) is 0 Å². The summed E-state index contributed by atoms with van der Waals surface area (Å²) in [5.74, 6) is 0.118. The third-order valence-corrected chi connectivity index (χ3v) is 5.05. The van der Waals surface area contributed by atoms with E-state index < -0.39 is 11.7 Å². The van der Waals surface area contributed by atoms with Gasteiger partial charge in [-0.25, -0.2) is 4.79 Å². The molecule has 1 saturated heterocycles. The minimum Gasteiger partial charge on any atom is -0.444 e. The monoisotopic (exact) mass is 382 g/mol. The largest absolute Gasteiger partial charge is 0.444 e. The van der Waals surface area contributed by atoms with Crippen molar-refractivity contribution in [1.29, 1.82) is 0 Å². The number of carbonyl (C=O) groups excluding carboxylic acids is 2. The Labute approximate surface area is 167 Å². The number of carbonyl (C=O) groups is 2. The lowest BCUT2D eigenvalue weighted by atomic mass is 9.98. The topological polar surface area (TPSA) is 58.6 Å². The van der Waals surface area contributed by atoms with Gasteiger partial charge in [0.2, 0.25) is 5.91 Å². The summed E-state index contributed by atoms with van der Waals surface area (Å²) in [5, 5.41) is 5.10. The van der Waals surface area contributed by atoms with E-state index in [0.29, 0.717) is 13.0 Å². The molecule has 1 aliphatic rings. The third-order valence-electron chi connectivity index (χ3n) is 5.05. The van der Waals surface area contributed by atoms with Gasteiger partial charge >= 0.3 is 6.09 Å². The van der Waals surface area contributed by atoms with Crippen LogP contribution >= 0.6 is 0 Å². The van der Waals surface area contributed by atoms with Crippen molar-refractivity contribution in [1.82, 2.24) is 10.2 Å². The van der Waals surface area contributed by atoms with Gasteiger partial charge in [0.25, 0.3) is 0 Å². The van der Waals surface area contributed by atoms with Crippen LogP contribution < -0.4 is 5.32 Å². The maximum absolute atomic E-state index is 13.1. The van der Waals surface area contributed by atoms with Crippen molar-refractivity contribution in [2.24, 2.45) is 0 Å². The highest BCUT2D eigenvalue weighted by Gasteiger charge is 2.28. The Hall–Kier alpha value is -2.56. The van der Waals surface area contributed by atoms with Crippen molar-refractivity contribution in [2.45, 2.75) is 58.1 Å². The van der Waals surface area contributed by atoms with E-state index in [2.05, 4.69) is 23.5 Å². The number of fused-ring (bicyclic) bond motifs is 1. The summed E-state index contributed by atoms with van der Waals surface area (Å²) in [7, 11) is 0. The average molecular weight is 383 g/mol. The highest BCUT2D eigenvalue weighted by atomic mass is 16.6. The Bertz CT molecular complexity index is 836. The number of rotatable bonds is 4. The molecule has 28 heavy (non-hydrogen) atoms. The Morgan fingerprint density at radius 3 is 2.64 bits per heavy atom. The minimum absolute atomic E-state index is 0.0174. The van der Waals surface area contributed by atoms with Gasteiger partial charge < -0.3 is 15.0 Å². The molecule has 0 saturated carbocycles. The van der Waals surface area contributed by atoms with Crippen molar-refractivity contribution < 1.29 is 14.3 Å². The van der Waals surface area contributed by atoms with Crippen LogP contribution in [0.2, 0.25) is 0 Å². The van der Waals surface area contributed by atoms with Crippen LogP contribution in [0.15, 0.2) is 42.5 Å². The predicted molar refractivity (Wildman–Crippen MR) is 111 cm³/mol. The van der Waals surface area contributed by atoms with Crippen LogP contribution in [0.5, 0.6) is 0 Å². The van der Waals surface area contributed by atoms with Gasteiger partial charge in [-0.15, -0.1) is 0 Å². The maximum Gasteiger partial charge on any atom is 0.407 e. The van der Waals surface area contributed by atoms with Crippen LogP contribution in [0.25, 0.3) is 10.8 Å². The van der Waals surface area contributed by atoms with Gasteiger partial charge in [-0.1, -0.05) is 42.5 Å². The molecule has 0 aliphatic carbocycles. The normalized spacial score (nSPS) is 17.4. The van der Waals surface area contributed by atoms with Crippen LogP contribution in [0.3, 0.4) is 0 Å². The van der Waals surface area contributed by atoms with E-state index in [-0.39, 0.29) is 11.9 Å². The molecule has 1 atom stereocenters. The molecule has 2 aromatic carbocycles. The van der Waals surface area contributed by atoms with Crippen LogP contribution in [-0.2, 0) is 16.0 Å². The van der Waals surface area contributed by atoms with Gasteiger partial charge in [-0.05, 0) is 56.4 Å². The molecule has 0 radical (unpaired) electrons. The van der Waals surface area contributed by atoms with E-state index in [1.807, 2.05) is 49.9 Å². The fraction of sp³-hybridized carbons (Fsp3) is 0.478. The first kappa shape index (κ1) is 20.2. The Kier molecular flexibility index (Phi) is 6.22. The zero-order chi connectivity index (χ0) is 20.1. The fourth-order valence-corrected chi connectivity index (χ4v) is 3.77. The Morgan fingerprint density at radius 2 is 1.86 bits per heavy atom. The third kappa shape index (κ3) is 5.24. The van der Waals surface area contributed by atoms with Gasteiger partial charge in [0.1, 0.15) is 5.60 Å². The SMILES string of the molecule is CC(C)(C)OC(=O)NCC1CCCCN1C(=O)Cc1cccc2ccccc12. The summed E-state index contributed by atoms with van der Waals surface area (Å²) >= 11 is 0. The number of alkyl carbamates (subject to hydrolysis) is 1. The van der Waals surface area contributed by atoms with E-state index in [1.165, 1.54) is 0 Å². The van der Waals surface area contributed by atoms with Crippen molar-refractivity contribution in [3.05, 3.63) is 48.0 Å². The number of benzene rings is 2. The summed E-state index contributed by atoms with van der Waals surface area (Å²) < 4.78 is 5.31. The number of hydrogen-bond donors (Lipinski definition) is 1. The summed E-state index contributed by atoms with van der Waals surface area (Å²) in [4.78, 5) is 27.0. The fourth-order valence-electron chi connectivity index (χ4n) is 3.77.